The van der Waals surface area contributed by atoms with Gasteiger partial charge in [0.15, 0.2) is 0 Å². The quantitative estimate of drug-likeness (QED) is 0.921. The summed E-state index contributed by atoms with van der Waals surface area (Å²) in [6, 6.07) is 11.6. The average molecular weight is 337 g/mol. The van der Waals surface area contributed by atoms with E-state index in [9.17, 15) is 9.18 Å². The Morgan fingerprint density at radius 2 is 1.80 bits per heavy atom. The van der Waals surface area contributed by atoms with Crippen molar-refractivity contribution in [2.75, 3.05) is 24.3 Å². The Morgan fingerprint density at radius 1 is 1.15 bits per heavy atom. The minimum absolute atomic E-state index is 0.228. The monoisotopic (exact) mass is 336 g/mol. The first kappa shape index (κ1) is 14.5. The summed E-state index contributed by atoms with van der Waals surface area (Å²) in [5.41, 5.74) is 2.11. The van der Waals surface area contributed by atoms with Gasteiger partial charge in [0.2, 0.25) is 0 Å². The van der Waals surface area contributed by atoms with Crippen molar-refractivity contribution < 1.29 is 9.18 Å². The number of nitrogens with zero attached hydrogens (tertiary/aromatic N) is 1. The molecule has 2 aromatic rings. The van der Waals surface area contributed by atoms with E-state index in [1.54, 1.807) is 12.1 Å². The van der Waals surface area contributed by atoms with Crippen LogP contribution in [0.1, 0.15) is 10.4 Å². The first-order valence-electron chi connectivity index (χ1n) is 6.01. The third kappa shape index (κ3) is 3.36. The van der Waals surface area contributed by atoms with Gasteiger partial charge in [0.25, 0.3) is 5.91 Å². The maximum Gasteiger partial charge on any atom is 0.255 e. The largest absolute Gasteiger partial charge is 0.378 e. The summed E-state index contributed by atoms with van der Waals surface area (Å²) in [7, 11) is 3.87. The van der Waals surface area contributed by atoms with Crippen LogP contribution >= 0.6 is 15.9 Å². The van der Waals surface area contributed by atoms with Gasteiger partial charge in [-0.2, -0.15) is 0 Å². The first-order valence-corrected chi connectivity index (χ1v) is 6.80. The van der Waals surface area contributed by atoms with E-state index in [-0.39, 0.29) is 11.7 Å². The smallest absolute Gasteiger partial charge is 0.255 e. The Labute approximate surface area is 125 Å². The molecule has 2 rings (SSSR count). The van der Waals surface area contributed by atoms with E-state index >= 15 is 0 Å². The fourth-order valence-corrected chi connectivity index (χ4v) is 2.07. The maximum atomic E-state index is 13.1. The molecule has 0 aliphatic heterocycles. The van der Waals surface area contributed by atoms with Crippen LogP contribution in [0.4, 0.5) is 15.8 Å². The minimum Gasteiger partial charge on any atom is -0.378 e. The first-order chi connectivity index (χ1) is 9.47. The predicted octanol–water partition coefficient (Wildman–Crippen LogP) is 3.91. The molecule has 0 bridgehead atoms. The molecule has 0 aliphatic rings. The highest BCUT2D eigenvalue weighted by atomic mass is 79.9. The normalized spacial score (nSPS) is 10.2. The van der Waals surface area contributed by atoms with Gasteiger partial charge in [-0.1, -0.05) is 0 Å². The Kier molecular flexibility index (Phi) is 4.39. The predicted molar refractivity (Wildman–Crippen MR) is 82.8 cm³/mol. The highest BCUT2D eigenvalue weighted by molar-refractivity contribution is 9.10. The average Bonchev–Trinajstić information content (AvgIpc) is 2.43. The molecule has 20 heavy (non-hydrogen) atoms. The summed E-state index contributed by atoms with van der Waals surface area (Å²) < 4.78 is 13.4. The molecule has 0 radical (unpaired) electrons. The molecule has 1 amide bonds. The number of benzene rings is 2. The molecule has 0 spiro atoms. The second-order valence-corrected chi connectivity index (χ2v) is 5.38. The van der Waals surface area contributed by atoms with E-state index in [0.29, 0.717) is 15.7 Å². The zero-order valence-electron chi connectivity index (χ0n) is 11.2. The lowest BCUT2D eigenvalue weighted by atomic mass is 10.2. The van der Waals surface area contributed by atoms with Gasteiger partial charge in [0.1, 0.15) is 5.82 Å². The lowest BCUT2D eigenvalue weighted by Crippen LogP contribution is -2.13. The molecule has 104 valence electrons. The van der Waals surface area contributed by atoms with Crippen molar-refractivity contribution in [1.82, 2.24) is 0 Å². The molecule has 2 aromatic carbocycles. The number of anilines is 2. The second-order valence-electron chi connectivity index (χ2n) is 4.52. The lowest BCUT2D eigenvalue weighted by Gasteiger charge is -2.12. The van der Waals surface area contributed by atoms with Crippen molar-refractivity contribution in [2.24, 2.45) is 0 Å². The van der Waals surface area contributed by atoms with Crippen LogP contribution in [0.15, 0.2) is 46.9 Å². The van der Waals surface area contributed by atoms with Crippen LogP contribution < -0.4 is 10.2 Å². The number of hydrogen-bond donors (Lipinski definition) is 1. The van der Waals surface area contributed by atoms with Gasteiger partial charge < -0.3 is 10.2 Å². The Hall–Kier alpha value is -1.88. The van der Waals surface area contributed by atoms with Crippen LogP contribution in [0.2, 0.25) is 0 Å². The number of amides is 1. The lowest BCUT2D eigenvalue weighted by molar-refractivity contribution is 0.102. The Balaban J connectivity index is 2.13. The molecular formula is C15H14BrFN2O. The number of nitrogens with one attached hydrogen (secondary N) is 1. The van der Waals surface area contributed by atoms with Gasteiger partial charge in [-0.3, -0.25) is 4.79 Å². The van der Waals surface area contributed by atoms with Gasteiger partial charge in [0, 0.05) is 31.0 Å². The molecule has 5 heteroatoms. The third-order valence-corrected chi connectivity index (χ3v) is 3.43. The van der Waals surface area contributed by atoms with Crippen molar-refractivity contribution in [3.05, 3.63) is 58.3 Å². The number of carbonyl (C=O) groups is 1. The van der Waals surface area contributed by atoms with Gasteiger partial charge in [0.05, 0.1) is 4.47 Å². The van der Waals surface area contributed by atoms with Crippen LogP contribution in [0.5, 0.6) is 0 Å². The molecular weight excluding hydrogens is 323 g/mol. The molecule has 1 N–H and O–H groups in total. The van der Waals surface area contributed by atoms with Gasteiger partial charge >= 0.3 is 0 Å². The van der Waals surface area contributed by atoms with E-state index in [4.69, 9.17) is 0 Å². The topological polar surface area (TPSA) is 32.3 Å². The van der Waals surface area contributed by atoms with Crippen LogP contribution in [0.3, 0.4) is 0 Å². The molecule has 0 atom stereocenters. The SMILES string of the molecule is CN(C)c1ccc(C(=O)Nc2ccc(F)c(Br)c2)cc1. The van der Waals surface area contributed by atoms with Gasteiger partial charge in [-0.05, 0) is 58.4 Å². The summed E-state index contributed by atoms with van der Waals surface area (Å²) >= 11 is 3.09. The number of carbonyl (C=O) groups excluding carboxylic acids is 1. The van der Waals surface area contributed by atoms with Crippen molar-refractivity contribution in [3.8, 4) is 0 Å². The van der Waals surface area contributed by atoms with Gasteiger partial charge in [-0.25, -0.2) is 4.39 Å². The second kappa shape index (κ2) is 6.05. The summed E-state index contributed by atoms with van der Waals surface area (Å²) in [6.07, 6.45) is 0. The van der Waals surface area contributed by atoms with Crippen molar-refractivity contribution in [1.29, 1.82) is 0 Å². The molecule has 0 saturated heterocycles. The zero-order valence-corrected chi connectivity index (χ0v) is 12.7. The minimum atomic E-state index is -0.363. The summed E-state index contributed by atoms with van der Waals surface area (Å²) in [5.74, 6) is -0.591. The maximum absolute atomic E-state index is 13.1. The van der Waals surface area contributed by atoms with Crippen LogP contribution in [0, 0.1) is 5.82 Å². The fraction of sp³-hybridized carbons (Fsp3) is 0.133. The van der Waals surface area contributed by atoms with E-state index in [0.717, 1.165) is 5.69 Å². The Bertz CT molecular complexity index is 626. The molecule has 0 aromatic heterocycles. The standard InChI is InChI=1S/C15H14BrFN2O/c1-19(2)12-6-3-10(4-7-12)15(20)18-11-5-8-14(17)13(16)9-11/h3-9H,1-2H3,(H,18,20). The van der Waals surface area contributed by atoms with Crippen molar-refractivity contribution in [2.45, 2.75) is 0 Å². The van der Waals surface area contributed by atoms with Crippen molar-refractivity contribution in [3.63, 3.8) is 0 Å². The molecule has 0 unspecified atom stereocenters. The van der Waals surface area contributed by atoms with Crippen LogP contribution in [-0.4, -0.2) is 20.0 Å². The highest BCUT2D eigenvalue weighted by Crippen LogP contribution is 2.21. The fourth-order valence-electron chi connectivity index (χ4n) is 1.69. The van der Waals surface area contributed by atoms with E-state index in [1.165, 1.54) is 18.2 Å². The van der Waals surface area contributed by atoms with Crippen LogP contribution in [0.25, 0.3) is 0 Å². The van der Waals surface area contributed by atoms with E-state index < -0.39 is 0 Å². The zero-order chi connectivity index (χ0) is 14.7. The summed E-state index contributed by atoms with van der Waals surface area (Å²) in [4.78, 5) is 14.0. The number of rotatable bonds is 3. The van der Waals surface area contributed by atoms with Gasteiger partial charge in [-0.15, -0.1) is 0 Å². The number of halogens is 2. The Morgan fingerprint density at radius 3 is 2.35 bits per heavy atom. The molecule has 0 fully saturated rings. The molecule has 3 nitrogen and oxygen atoms in total. The summed E-state index contributed by atoms with van der Waals surface area (Å²) in [5, 5.41) is 2.73. The summed E-state index contributed by atoms with van der Waals surface area (Å²) in [6.45, 7) is 0. The molecule has 0 aliphatic carbocycles. The van der Waals surface area contributed by atoms with Crippen LogP contribution in [-0.2, 0) is 0 Å². The highest BCUT2D eigenvalue weighted by Gasteiger charge is 2.08. The third-order valence-electron chi connectivity index (χ3n) is 2.82. The van der Waals surface area contributed by atoms with E-state index in [2.05, 4.69) is 21.2 Å². The molecule has 0 heterocycles. The number of hydrogen-bond acceptors (Lipinski definition) is 2. The van der Waals surface area contributed by atoms with E-state index in [1.807, 2.05) is 31.1 Å². The molecule has 0 saturated carbocycles. The van der Waals surface area contributed by atoms with Crippen molar-refractivity contribution >= 4 is 33.2 Å².